The molecule has 0 atom stereocenters. The van der Waals surface area contributed by atoms with Crippen LogP contribution in [0.2, 0.25) is 0 Å². The maximum absolute atomic E-state index is 5.81. The van der Waals surface area contributed by atoms with Crippen molar-refractivity contribution >= 4 is 11.6 Å². The number of hydrogen-bond acceptors (Lipinski definition) is 3. The summed E-state index contributed by atoms with van der Waals surface area (Å²) in [7, 11) is 0. The van der Waals surface area contributed by atoms with Gasteiger partial charge >= 0.3 is 0 Å². The SMILES string of the molecule is CCOc1ccccc1Oc1ccc(CCl)c(C)n1. The van der Waals surface area contributed by atoms with Crippen molar-refractivity contribution in [3.63, 3.8) is 0 Å². The Bertz CT molecular complexity index is 558. The molecule has 0 amide bonds. The van der Waals surface area contributed by atoms with Gasteiger partial charge in [0.2, 0.25) is 5.88 Å². The molecule has 1 aromatic heterocycles. The van der Waals surface area contributed by atoms with Gasteiger partial charge in [-0.3, -0.25) is 0 Å². The highest BCUT2D eigenvalue weighted by molar-refractivity contribution is 6.17. The molecule has 2 rings (SSSR count). The summed E-state index contributed by atoms with van der Waals surface area (Å²) in [4.78, 5) is 4.38. The molecule has 100 valence electrons. The minimum Gasteiger partial charge on any atom is -0.490 e. The van der Waals surface area contributed by atoms with Gasteiger partial charge in [0.15, 0.2) is 11.5 Å². The first kappa shape index (κ1) is 13.7. The molecule has 0 saturated carbocycles. The first-order chi connectivity index (χ1) is 9.24. The molecule has 0 N–H and O–H groups in total. The number of rotatable bonds is 5. The molecule has 1 heterocycles. The smallest absolute Gasteiger partial charge is 0.219 e. The van der Waals surface area contributed by atoms with E-state index in [-0.39, 0.29) is 0 Å². The largest absolute Gasteiger partial charge is 0.490 e. The number of para-hydroxylation sites is 2. The van der Waals surface area contributed by atoms with Gasteiger partial charge < -0.3 is 9.47 Å². The van der Waals surface area contributed by atoms with Crippen molar-refractivity contribution in [2.24, 2.45) is 0 Å². The lowest BCUT2D eigenvalue weighted by Crippen LogP contribution is -1.97. The summed E-state index contributed by atoms with van der Waals surface area (Å²) in [6.07, 6.45) is 0. The van der Waals surface area contributed by atoms with E-state index in [0.29, 0.717) is 29.9 Å². The molecule has 3 nitrogen and oxygen atoms in total. The molecule has 0 spiro atoms. The van der Waals surface area contributed by atoms with Gasteiger partial charge in [-0.1, -0.05) is 18.2 Å². The van der Waals surface area contributed by atoms with Gasteiger partial charge in [-0.25, -0.2) is 4.98 Å². The molecule has 0 radical (unpaired) electrons. The monoisotopic (exact) mass is 277 g/mol. The molecule has 1 aromatic carbocycles. The summed E-state index contributed by atoms with van der Waals surface area (Å²) in [6, 6.07) is 11.3. The van der Waals surface area contributed by atoms with Gasteiger partial charge in [0, 0.05) is 17.6 Å². The summed E-state index contributed by atoms with van der Waals surface area (Å²) in [5.74, 6) is 2.37. The normalized spacial score (nSPS) is 10.3. The van der Waals surface area contributed by atoms with Crippen molar-refractivity contribution in [3.8, 4) is 17.4 Å². The average Bonchev–Trinajstić information content (AvgIpc) is 2.41. The number of aromatic nitrogens is 1. The van der Waals surface area contributed by atoms with Crippen LogP contribution in [-0.2, 0) is 5.88 Å². The molecule has 0 saturated heterocycles. The van der Waals surface area contributed by atoms with E-state index in [0.717, 1.165) is 11.3 Å². The Balaban J connectivity index is 2.23. The maximum atomic E-state index is 5.81. The van der Waals surface area contributed by atoms with Gasteiger partial charge in [-0.15, -0.1) is 11.6 Å². The highest BCUT2D eigenvalue weighted by Crippen LogP contribution is 2.30. The third kappa shape index (κ3) is 3.38. The third-order valence-electron chi connectivity index (χ3n) is 2.68. The molecule has 19 heavy (non-hydrogen) atoms. The van der Waals surface area contributed by atoms with Crippen LogP contribution in [-0.4, -0.2) is 11.6 Å². The van der Waals surface area contributed by atoms with Crippen LogP contribution in [0.25, 0.3) is 0 Å². The molecule has 0 aliphatic heterocycles. The number of aryl methyl sites for hydroxylation is 1. The van der Waals surface area contributed by atoms with Gasteiger partial charge in [0.05, 0.1) is 6.61 Å². The molecule has 4 heteroatoms. The van der Waals surface area contributed by atoms with Crippen LogP contribution >= 0.6 is 11.6 Å². The van der Waals surface area contributed by atoms with Crippen LogP contribution in [0.4, 0.5) is 0 Å². The Hall–Kier alpha value is -1.74. The standard InChI is InChI=1S/C15H16ClNO2/c1-3-18-13-6-4-5-7-14(13)19-15-9-8-12(10-16)11(2)17-15/h4-9H,3,10H2,1-2H3. The first-order valence-electron chi connectivity index (χ1n) is 6.16. The molecule has 2 aromatic rings. The van der Waals surface area contributed by atoms with E-state index in [1.807, 2.05) is 50.2 Å². The number of pyridine rings is 1. The summed E-state index contributed by atoms with van der Waals surface area (Å²) < 4.78 is 11.3. The maximum Gasteiger partial charge on any atom is 0.219 e. The molecule has 0 unspecified atom stereocenters. The van der Waals surface area contributed by atoms with E-state index in [1.54, 1.807) is 0 Å². The summed E-state index contributed by atoms with van der Waals surface area (Å²) >= 11 is 5.81. The molecular formula is C15H16ClNO2. The number of nitrogens with zero attached hydrogens (tertiary/aromatic N) is 1. The van der Waals surface area contributed by atoms with Gasteiger partial charge in [0.1, 0.15) is 0 Å². The molecule has 0 aliphatic rings. The minimum absolute atomic E-state index is 0.453. The van der Waals surface area contributed by atoms with E-state index in [4.69, 9.17) is 21.1 Å². The van der Waals surface area contributed by atoms with E-state index in [9.17, 15) is 0 Å². The van der Waals surface area contributed by atoms with E-state index in [2.05, 4.69) is 4.98 Å². The highest BCUT2D eigenvalue weighted by Gasteiger charge is 2.07. The first-order valence-corrected chi connectivity index (χ1v) is 6.70. The Morgan fingerprint density at radius 2 is 1.84 bits per heavy atom. The second-order valence-corrected chi connectivity index (χ2v) is 4.28. The van der Waals surface area contributed by atoms with Gasteiger partial charge in [0.25, 0.3) is 0 Å². The van der Waals surface area contributed by atoms with Crippen LogP contribution in [0.5, 0.6) is 17.4 Å². The number of halogens is 1. The average molecular weight is 278 g/mol. The number of hydrogen-bond donors (Lipinski definition) is 0. The fraction of sp³-hybridized carbons (Fsp3) is 0.267. The highest BCUT2D eigenvalue weighted by atomic mass is 35.5. The van der Waals surface area contributed by atoms with E-state index in [1.165, 1.54) is 0 Å². The van der Waals surface area contributed by atoms with Crippen LogP contribution in [0.3, 0.4) is 0 Å². The fourth-order valence-corrected chi connectivity index (χ4v) is 1.97. The van der Waals surface area contributed by atoms with Crippen molar-refractivity contribution in [2.45, 2.75) is 19.7 Å². The second-order valence-electron chi connectivity index (χ2n) is 4.01. The minimum atomic E-state index is 0.453. The summed E-state index contributed by atoms with van der Waals surface area (Å²) in [6.45, 7) is 4.45. The molecule has 0 bridgehead atoms. The Morgan fingerprint density at radius 1 is 1.11 bits per heavy atom. The topological polar surface area (TPSA) is 31.4 Å². The molecule has 0 aliphatic carbocycles. The predicted molar refractivity (Wildman–Crippen MR) is 76.2 cm³/mol. The number of alkyl halides is 1. The van der Waals surface area contributed by atoms with E-state index >= 15 is 0 Å². The van der Waals surface area contributed by atoms with Gasteiger partial charge in [-0.05, 0) is 31.5 Å². The zero-order valence-electron chi connectivity index (χ0n) is 11.0. The lowest BCUT2D eigenvalue weighted by Gasteiger charge is -2.11. The Morgan fingerprint density at radius 3 is 2.47 bits per heavy atom. The lowest BCUT2D eigenvalue weighted by atomic mass is 10.2. The zero-order valence-corrected chi connectivity index (χ0v) is 11.8. The van der Waals surface area contributed by atoms with Crippen molar-refractivity contribution in [1.82, 2.24) is 4.98 Å². The third-order valence-corrected chi connectivity index (χ3v) is 2.97. The van der Waals surface area contributed by atoms with Crippen LogP contribution < -0.4 is 9.47 Å². The van der Waals surface area contributed by atoms with Crippen molar-refractivity contribution < 1.29 is 9.47 Å². The summed E-state index contributed by atoms with van der Waals surface area (Å²) in [5.41, 5.74) is 1.88. The lowest BCUT2D eigenvalue weighted by molar-refractivity contribution is 0.319. The molecular weight excluding hydrogens is 262 g/mol. The summed E-state index contributed by atoms with van der Waals surface area (Å²) in [5, 5.41) is 0. The van der Waals surface area contributed by atoms with E-state index < -0.39 is 0 Å². The number of benzene rings is 1. The number of ether oxygens (including phenoxy) is 2. The zero-order chi connectivity index (χ0) is 13.7. The second kappa shape index (κ2) is 6.43. The van der Waals surface area contributed by atoms with Crippen LogP contribution in [0.15, 0.2) is 36.4 Å². The van der Waals surface area contributed by atoms with Gasteiger partial charge in [-0.2, -0.15) is 0 Å². The molecule has 0 fully saturated rings. The van der Waals surface area contributed by atoms with Crippen molar-refractivity contribution in [1.29, 1.82) is 0 Å². The predicted octanol–water partition coefficient (Wildman–Crippen LogP) is 4.32. The Labute approximate surface area is 118 Å². The van der Waals surface area contributed by atoms with Crippen molar-refractivity contribution in [3.05, 3.63) is 47.7 Å². The Kier molecular flexibility index (Phi) is 4.63. The van der Waals surface area contributed by atoms with Crippen molar-refractivity contribution in [2.75, 3.05) is 6.61 Å². The van der Waals surface area contributed by atoms with Crippen LogP contribution in [0, 0.1) is 6.92 Å². The quantitative estimate of drug-likeness (QED) is 0.763. The van der Waals surface area contributed by atoms with Crippen LogP contribution in [0.1, 0.15) is 18.2 Å². The fourth-order valence-electron chi connectivity index (χ4n) is 1.69.